The number of methoxy groups -OCH3 is 1. The maximum absolute atomic E-state index is 6.27. The van der Waals surface area contributed by atoms with Crippen LogP contribution in [-0.4, -0.2) is 20.3 Å². The molecule has 1 heterocycles. The van der Waals surface area contributed by atoms with Gasteiger partial charge >= 0.3 is 0 Å². The summed E-state index contributed by atoms with van der Waals surface area (Å²) in [5, 5.41) is 2.63. The van der Waals surface area contributed by atoms with E-state index in [9.17, 15) is 0 Å². The molecule has 0 aliphatic heterocycles. The Bertz CT molecular complexity index is 543. The van der Waals surface area contributed by atoms with Gasteiger partial charge in [0, 0.05) is 11.3 Å². The Hall–Kier alpha value is -1.23. The molecule has 0 unspecified atom stereocenters. The molecule has 0 saturated heterocycles. The number of thiophene rings is 1. The van der Waals surface area contributed by atoms with Crippen LogP contribution in [0.4, 0.5) is 0 Å². The molecule has 0 fully saturated rings. The normalized spacial score (nSPS) is 10.6. The first-order chi connectivity index (χ1) is 9.74. The van der Waals surface area contributed by atoms with Gasteiger partial charge in [0.15, 0.2) is 11.5 Å². The van der Waals surface area contributed by atoms with Crippen LogP contribution in [0.2, 0.25) is 5.02 Å². The summed E-state index contributed by atoms with van der Waals surface area (Å²) in [5.74, 6) is 1.26. The Morgan fingerprint density at radius 1 is 1.30 bits per heavy atom. The van der Waals surface area contributed by atoms with Gasteiger partial charge < -0.3 is 15.2 Å². The fraction of sp³-hybridized carbons (Fsp3) is 0.333. The van der Waals surface area contributed by atoms with Gasteiger partial charge in [-0.25, -0.2) is 0 Å². The monoisotopic (exact) mass is 311 g/mol. The molecular weight excluding hydrogens is 294 g/mol. The Labute approximate surface area is 128 Å². The molecule has 0 atom stereocenters. The van der Waals surface area contributed by atoms with Crippen molar-refractivity contribution in [2.75, 3.05) is 20.3 Å². The predicted molar refractivity (Wildman–Crippen MR) is 84.3 cm³/mol. The summed E-state index contributed by atoms with van der Waals surface area (Å²) in [5.41, 5.74) is 6.62. The maximum Gasteiger partial charge on any atom is 0.179 e. The first-order valence-electron chi connectivity index (χ1n) is 6.46. The minimum atomic E-state index is 0.568. The van der Waals surface area contributed by atoms with E-state index in [2.05, 4.69) is 11.4 Å². The highest BCUT2D eigenvalue weighted by Gasteiger charge is 2.12. The molecule has 0 spiro atoms. The quantitative estimate of drug-likeness (QED) is 0.850. The number of halogens is 1. The maximum atomic E-state index is 6.27. The first kappa shape index (κ1) is 15.2. The summed E-state index contributed by atoms with van der Waals surface area (Å²) in [6.45, 7) is 1.16. The Kier molecular flexibility index (Phi) is 5.71. The lowest BCUT2D eigenvalue weighted by atomic mass is 10.1. The Balaban J connectivity index is 2.06. The van der Waals surface area contributed by atoms with Gasteiger partial charge in [0.1, 0.15) is 0 Å². The van der Waals surface area contributed by atoms with Gasteiger partial charge in [0.25, 0.3) is 0 Å². The van der Waals surface area contributed by atoms with Crippen LogP contribution in [0.5, 0.6) is 11.5 Å². The van der Waals surface area contributed by atoms with Gasteiger partial charge in [-0.3, -0.25) is 0 Å². The number of hydrogen-bond donors (Lipinski definition) is 1. The van der Waals surface area contributed by atoms with E-state index in [0.717, 1.165) is 18.4 Å². The van der Waals surface area contributed by atoms with E-state index >= 15 is 0 Å². The number of rotatable bonds is 7. The van der Waals surface area contributed by atoms with Crippen LogP contribution in [0.25, 0.3) is 0 Å². The highest BCUT2D eigenvalue weighted by molar-refractivity contribution is 7.09. The van der Waals surface area contributed by atoms with Crippen molar-refractivity contribution in [2.24, 2.45) is 5.73 Å². The van der Waals surface area contributed by atoms with Gasteiger partial charge in [-0.15, -0.1) is 11.3 Å². The van der Waals surface area contributed by atoms with Crippen LogP contribution in [0.15, 0.2) is 29.6 Å². The highest BCUT2D eigenvalue weighted by atomic mass is 35.5. The zero-order chi connectivity index (χ0) is 14.4. The van der Waals surface area contributed by atoms with Gasteiger partial charge in [0.2, 0.25) is 0 Å². The van der Waals surface area contributed by atoms with Crippen LogP contribution >= 0.6 is 22.9 Å². The van der Waals surface area contributed by atoms with Gasteiger partial charge in [0.05, 0.1) is 18.7 Å². The summed E-state index contributed by atoms with van der Waals surface area (Å²) in [6, 6.07) is 7.95. The molecule has 0 bridgehead atoms. The fourth-order valence-electron chi connectivity index (χ4n) is 1.93. The molecule has 0 amide bonds. The lowest BCUT2D eigenvalue weighted by Gasteiger charge is -2.13. The van der Waals surface area contributed by atoms with Gasteiger partial charge in [-0.2, -0.15) is 0 Å². The highest BCUT2D eigenvalue weighted by Crippen LogP contribution is 2.36. The molecule has 20 heavy (non-hydrogen) atoms. The molecule has 2 aromatic rings. The summed E-state index contributed by atoms with van der Waals surface area (Å²) in [7, 11) is 1.62. The molecule has 0 saturated carbocycles. The van der Waals surface area contributed by atoms with Gasteiger partial charge in [-0.05, 0) is 42.1 Å². The van der Waals surface area contributed by atoms with Crippen molar-refractivity contribution in [3.8, 4) is 11.5 Å². The zero-order valence-corrected chi connectivity index (χ0v) is 13.0. The van der Waals surface area contributed by atoms with Crippen LogP contribution in [-0.2, 0) is 12.8 Å². The smallest absolute Gasteiger partial charge is 0.179 e. The largest absolute Gasteiger partial charge is 0.493 e. The van der Waals surface area contributed by atoms with Crippen molar-refractivity contribution in [3.63, 3.8) is 0 Å². The Morgan fingerprint density at radius 3 is 2.80 bits per heavy atom. The van der Waals surface area contributed by atoms with E-state index in [1.54, 1.807) is 18.4 Å². The molecule has 2 N–H and O–H groups in total. The molecule has 3 nitrogen and oxygen atoms in total. The first-order valence-corrected chi connectivity index (χ1v) is 7.72. The summed E-state index contributed by atoms with van der Waals surface area (Å²) in [6.07, 6.45) is 1.63. The molecule has 1 aromatic heterocycles. The third-order valence-corrected chi connectivity index (χ3v) is 4.11. The van der Waals surface area contributed by atoms with Crippen molar-refractivity contribution in [3.05, 3.63) is 45.1 Å². The molecule has 1 aromatic carbocycles. The standard InChI is InChI=1S/C15H18ClNO2S/c1-18-14-10-11(4-6-17)9-13(16)15(14)19-7-5-12-3-2-8-20-12/h2-3,8-10H,4-7,17H2,1H3. The molecular formula is C15H18ClNO2S. The SMILES string of the molecule is COc1cc(CCN)cc(Cl)c1OCCc1cccs1. The molecule has 0 aliphatic rings. The molecule has 0 aliphatic carbocycles. The molecule has 108 valence electrons. The second-order valence-corrected chi connectivity index (χ2v) is 5.76. The van der Waals surface area contributed by atoms with Crippen molar-refractivity contribution in [1.82, 2.24) is 0 Å². The third-order valence-electron chi connectivity index (χ3n) is 2.90. The van der Waals surface area contributed by atoms with Crippen LogP contribution in [0, 0.1) is 0 Å². The number of hydrogen-bond acceptors (Lipinski definition) is 4. The van der Waals surface area contributed by atoms with Crippen molar-refractivity contribution < 1.29 is 9.47 Å². The van der Waals surface area contributed by atoms with E-state index in [0.29, 0.717) is 29.7 Å². The number of benzene rings is 1. The third kappa shape index (κ3) is 3.88. The minimum Gasteiger partial charge on any atom is -0.493 e. The van der Waals surface area contributed by atoms with Crippen molar-refractivity contribution in [1.29, 1.82) is 0 Å². The van der Waals surface area contributed by atoms with Crippen LogP contribution < -0.4 is 15.2 Å². The van der Waals surface area contributed by atoms with Crippen molar-refractivity contribution in [2.45, 2.75) is 12.8 Å². The average Bonchev–Trinajstić information content (AvgIpc) is 2.94. The number of ether oxygens (including phenoxy) is 2. The second-order valence-electron chi connectivity index (χ2n) is 4.33. The van der Waals surface area contributed by atoms with Gasteiger partial charge in [-0.1, -0.05) is 17.7 Å². The summed E-state index contributed by atoms with van der Waals surface area (Å²) >= 11 is 7.99. The topological polar surface area (TPSA) is 44.5 Å². The van der Waals surface area contributed by atoms with E-state index in [4.69, 9.17) is 26.8 Å². The molecule has 0 radical (unpaired) electrons. The fourth-order valence-corrected chi connectivity index (χ4v) is 2.91. The van der Waals surface area contributed by atoms with E-state index < -0.39 is 0 Å². The second kappa shape index (κ2) is 7.53. The number of nitrogens with two attached hydrogens (primary N) is 1. The lowest BCUT2D eigenvalue weighted by molar-refractivity contribution is 0.298. The average molecular weight is 312 g/mol. The predicted octanol–water partition coefficient (Wildman–Crippen LogP) is 3.53. The molecule has 5 heteroatoms. The van der Waals surface area contributed by atoms with E-state index in [1.807, 2.05) is 18.2 Å². The van der Waals surface area contributed by atoms with E-state index in [-0.39, 0.29) is 0 Å². The summed E-state index contributed by atoms with van der Waals surface area (Å²) in [4.78, 5) is 1.29. The van der Waals surface area contributed by atoms with Crippen molar-refractivity contribution >= 4 is 22.9 Å². The Morgan fingerprint density at radius 2 is 2.15 bits per heavy atom. The minimum absolute atomic E-state index is 0.568. The summed E-state index contributed by atoms with van der Waals surface area (Å²) < 4.78 is 11.1. The van der Waals surface area contributed by atoms with Crippen LogP contribution in [0.1, 0.15) is 10.4 Å². The zero-order valence-electron chi connectivity index (χ0n) is 11.4. The van der Waals surface area contributed by atoms with Crippen LogP contribution in [0.3, 0.4) is 0 Å². The molecule has 2 rings (SSSR count). The lowest BCUT2D eigenvalue weighted by Crippen LogP contribution is -2.05. The van der Waals surface area contributed by atoms with E-state index in [1.165, 1.54) is 4.88 Å².